The minimum atomic E-state index is -0.887. The van der Waals surface area contributed by atoms with E-state index in [-0.39, 0.29) is 12.2 Å². The minimum Gasteiger partial charge on any atom is -0.394 e. The lowest BCUT2D eigenvalue weighted by atomic mass is 10.0. The molecule has 6 nitrogen and oxygen atoms in total. The number of pyridine rings is 1. The van der Waals surface area contributed by atoms with Crippen LogP contribution in [0.5, 0.6) is 0 Å². The van der Waals surface area contributed by atoms with Crippen molar-refractivity contribution in [2.24, 2.45) is 0 Å². The van der Waals surface area contributed by atoms with Crippen molar-refractivity contribution >= 4 is 0 Å². The number of methoxy groups -OCH3 is 1. The highest BCUT2D eigenvalue weighted by Crippen LogP contribution is 2.34. The topological polar surface area (TPSA) is 91.8 Å². The maximum absolute atomic E-state index is 11.0. The van der Waals surface area contributed by atoms with E-state index in [1.807, 2.05) is 0 Å². The number of rotatable bonds is 3. The van der Waals surface area contributed by atoms with E-state index in [1.54, 1.807) is 6.07 Å². The Hall–Kier alpha value is -1.21. The number of aliphatic hydroxyl groups is 2. The van der Waals surface area contributed by atoms with Gasteiger partial charge in [0.15, 0.2) is 0 Å². The SMILES string of the molecule is CO[C@H]1C(O)[C@@H](CO)O[C@H]1c1ccc(=O)[nH]c1. The lowest BCUT2D eigenvalue weighted by Crippen LogP contribution is -2.33. The van der Waals surface area contributed by atoms with Gasteiger partial charge in [-0.25, -0.2) is 0 Å². The van der Waals surface area contributed by atoms with Crippen molar-refractivity contribution in [3.05, 3.63) is 34.2 Å². The Morgan fingerprint density at radius 2 is 2.29 bits per heavy atom. The smallest absolute Gasteiger partial charge is 0.247 e. The molecular weight excluding hydrogens is 226 g/mol. The quantitative estimate of drug-likeness (QED) is 0.643. The van der Waals surface area contributed by atoms with Crippen LogP contribution in [-0.2, 0) is 9.47 Å². The van der Waals surface area contributed by atoms with Crippen LogP contribution in [0.25, 0.3) is 0 Å². The van der Waals surface area contributed by atoms with Crippen LogP contribution in [0, 0.1) is 0 Å². The fraction of sp³-hybridized carbons (Fsp3) is 0.545. The molecule has 0 aromatic carbocycles. The summed E-state index contributed by atoms with van der Waals surface area (Å²) in [6.45, 7) is -0.277. The molecule has 4 atom stereocenters. The van der Waals surface area contributed by atoms with E-state index in [9.17, 15) is 9.90 Å². The summed E-state index contributed by atoms with van der Waals surface area (Å²) < 4.78 is 10.7. The van der Waals surface area contributed by atoms with E-state index in [4.69, 9.17) is 14.6 Å². The Balaban J connectivity index is 2.25. The Morgan fingerprint density at radius 1 is 1.53 bits per heavy atom. The monoisotopic (exact) mass is 241 g/mol. The van der Waals surface area contributed by atoms with Gasteiger partial charge >= 0.3 is 0 Å². The number of hydrogen-bond acceptors (Lipinski definition) is 5. The predicted molar refractivity (Wildman–Crippen MR) is 58.6 cm³/mol. The maximum Gasteiger partial charge on any atom is 0.247 e. The molecule has 1 fully saturated rings. The van der Waals surface area contributed by atoms with Gasteiger partial charge in [-0.15, -0.1) is 0 Å². The van der Waals surface area contributed by atoms with Gasteiger partial charge < -0.3 is 24.7 Å². The van der Waals surface area contributed by atoms with Crippen LogP contribution < -0.4 is 5.56 Å². The number of aromatic nitrogens is 1. The molecule has 0 bridgehead atoms. The molecule has 1 aliphatic heterocycles. The van der Waals surface area contributed by atoms with E-state index in [0.717, 1.165) is 0 Å². The summed E-state index contributed by atoms with van der Waals surface area (Å²) >= 11 is 0. The first-order valence-corrected chi connectivity index (χ1v) is 5.33. The number of aromatic amines is 1. The van der Waals surface area contributed by atoms with E-state index in [1.165, 1.54) is 19.4 Å². The first-order chi connectivity index (χ1) is 8.17. The third-order valence-corrected chi connectivity index (χ3v) is 2.93. The standard InChI is InChI=1S/C11H15NO5/c1-16-11-9(15)7(5-13)17-10(11)6-2-3-8(14)12-4-6/h2-4,7,9-11,13,15H,5H2,1H3,(H,12,14)/t7-,9?,10+,11+/m1/s1. The van der Waals surface area contributed by atoms with Gasteiger partial charge in [0, 0.05) is 19.4 Å². The van der Waals surface area contributed by atoms with Crippen LogP contribution >= 0.6 is 0 Å². The highest BCUT2D eigenvalue weighted by atomic mass is 16.6. The van der Waals surface area contributed by atoms with E-state index in [2.05, 4.69) is 4.98 Å². The molecule has 2 rings (SSSR count). The van der Waals surface area contributed by atoms with Crippen LogP contribution in [-0.4, -0.2) is 47.2 Å². The van der Waals surface area contributed by atoms with E-state index >= 15 is 0 Å². The average Bonchev–Trinajstić information content (AvgIpc) is 2.66. The summed E-state index contributed by atoms with van der Waals surface area (Å²) in [6.07, 6.45) is -1.09. The summed E-state index contributed by atoms with van der Waals surface area (Å²) in [5.41, 5.74) is 0.492. The second kappa shape index (κ2) is 4.97. The molecule has 1 aromatic rings. The number of nitrogens with one attached hydrogen (secondary N) is 1. The Morgan fingerprint density at radius 3 is 2.82 bits per heavy atom. The van der Waals surface area contributed by atoms with Crippen molar-refractivity contribution in [2.45, 2.75) is 24.4 Å². The summed E-state index contributed by atoms with van der Waals surface area (Å²) in [6, 6.07) is 2.99. The lowest BCUT2D eigenvalue weighted by molar-refractivity contribution is -0.0234. The molecular formula is C11H15NO5. The Labute approximate surface area is 97.8 Å². The van der Waals surface area contributed by atoms with Gasteiger partial charge in [0.1, 0.15) is 24.4 Å². The number of ether oxygens (including phenoxy) is 2. The third kappa shape index (κ3) is 2.25. The van der Waals surface area contributed by atoms with Gasteiger partial charge in [-0.1, -0.05) is 0 Å². The van der Waals surface area contributed by atoms with Gasteiger partial charge in [-0.05, 0) is 11.6 Å². The molecule has 0 aliphatic carbocycles. The normalized spacial score (nSPS) is 32.9. The van der Waals surface area contributed by atoms with Crippen molar-refractivity contribution in [2.75, 3.05) is 13.7 Å². The zero-order valence-electron chi connectivity index (χ0n) is 9.37. The van der Waals surface area contributed by atoms with Crippen molar-refractivity contribution in [3.8, 4) is 0 Å². The molecule has 3 N–H and O–H groups in total. The van der Waals surface area contributed by atoms with Gasteiger partial charge in [0.05, 0.1) is 6.61 Å². The fourth-order valence-electron chi connectivity index (χ4n) is 2.02. The number of aliphatic hydroxyl groups excluding tert-OH is 2. The van der Waals surface area contributed by atoms with E-state index < -0.39 is 24.4 Å². The fourth-order valence-corrected chi connectivity index (χ4v) is 2.02. The van der Waals surface area contributed by atoms with Crippen molar-refractivity contribution in [1.82, 2.24) is 4.98 Å². The van der Waals surface area contributed by atoms with Crippen LogP contribution in [0.2, 0.25) is 0 Å². The van der Waals surface area contributed by atoms with Gasteiger partial charge in [-0.3, -0.25) is 4.79 Å². The number of H-pyrrole nitrogens is 1. The third-order valence-electron chi connectivity index (χ3n) is 2.93. The summed E-state index contributed by atoms with van der Waals surface area (Å²) in [4.78, 5) is 13.5. The predicted octanol–water partition coefficient (Wildman–Crippen LogP) is -0.817. The van der Waals surface area contributed by atoms with Crippen LogP contribution in [0.1, 0.15) is 11.7 Å². The van der Waals surface area contributed by atoms with Crippen LogP contribution in [0.4, 0.5) is 0 Å². The molecule has 2 heterocycles. The van der Waals surface area contributed by atoms with E-state index in [0.29, 0.717) is 5.56 Å². The van der Waals surface area contributed by atoms with Gasteiger partial charge in [-0.2, -0.15) is 0 Å². The highest BCUT2D eigenvalue weighted by molar-refractivity contribution is 5.16. The number of hydrogen-bond donors (Lipinski definition) is 3. The molecule has 0 radical (unpaired) electrons. The lowest BCUT2D eigenvalue weighted by Gasteiger charge is -2.18. The van der Waals surface area contributed by atoms with Crippen molar-refractivity contribution < 1.29 is 19.7 Å². The summed E-state index contributed by atoms with van der Waals surface area (Å²) in [5, 5.41) is 18.9. The Kier molecular flexibility index (Phi) is 3.58. The first-order valence-electron chi connectivity index (χ1n) is 5.33. The molecule has 1 aliphatic rings. The summed E-state index contributed by atoms with van der Waals surface area (Å²) in [7, 11) is 1.47. The Bertz CT molecular complexity index is 412. The molecule has 1 unspecified atom stereocenters. The molecule has 17 heavy (non-hydrogen) atoms. The second-order valence-electron chi connectivity index (χ2n) is 3.95. The second-order valence-corrected chi connectivity index (χ2v) is 3.95. The van der Waals surface area contributed by atoms with Crippen LogP contribution in [0.3, 0.4) is 0 Å². The molecule has 6 heteroatoms. The molecule has 0 amide bonds. The van der Waals surface area contributed by atoms with Crippen molar-refractivity contribution in [1.29, 1.82) is 0 Å². The van der Waals surface area contributed by atoms with Crippen molar-refractivity contribution in [3.63, 3.8) is 0 Å². The molecule has 94 valence electrons. The molecule has 0 saturated carbocycles. The summed E-state index contributed by atoms with van der Waals surface area (Å²) in [5.74, 6) is 0. The minimum absolute atomic E-state index is 0.208. The van der Waals surface area contributed by atoms with Crippen LogP contribution in [0.15, 0.2) is 23.1 Å². The van der Waals surface area contributed by atoms with Gasteiger partial charge in [0.2, 0.25) is 5.56 Å². The first kappa shape index (κ1) is 12.3. The largest absolute Gasteiger partial charge is 0.394 e. The molecule has 1 aromatic heterocycles. The van der Waals surface area contributed by atoms with Gasteiger partial charge in [0.25, 0.3) is 0 Å². The maximum atomic E-state index is 11.0. The zero-order valence-corrected chi connectivity index (χ0v) is 9.37. The molecule has 0 spiro atoms. The highest BCUT2D eigenvalue weighted by Gasteiger charge is 2.44. The zero-order chi connectivity index (χ0) is 12.4. The average molecular weight is 241 g/mol. The molecule has 1 saturated heterocycles.